The molecule has 0 bridgehead atoms. The standard InChI is InChI=1S/C21H28N4O3/c1-14(2)13-16(21(27)24-9-11-28-12-10-24)22-20(26)18-17-5-3-4-8-25(17)19(23-18)15-6-7-15/h3-5,8,14-16H,6-7,9-13H2,1-2H3,(H,22,26). The van der Waals surface area contributed by atoms with E-state index in [0.29, 0.717) is 44.3 Å². The van der Waals surface area contributed by atoms with E-state index in [2.05, 4.69) is 24.1 Å². The smallest absolute Gasteiger partial charge is 0.272 e. The number of morpholine rings is 1. The van der Waals surface area contributed by atoms with Crippen molar-refractivity contribution in [3.05, 3.63) is 35.9 Å². The molecule has 7 nitrogen and oxygen atoms in total. The molecule has 2 fully saturated rings. The highest BCUT2D eigenvalue weighted by atomic mass is 16.5. The molecule has 3 heterocycles. The van der Waals surface area contributed by atoms with Gasteiger partial charge in [0.2, 0.25) is 5.91 Å². The number of carbonyl (C=O) groups is 2. The molecule has 0 radical (unpaired) electrons. The fraction of sp³-hybridized carbons (Fsp3) is 0.571. The average Bonchev–Trinajstić information content (AvgIpc) is 3.47. The summed E-state index contributed by atoms with van der Waals surface area (Å²) in [7, 11) is 0. The molecule has 2 amide bonds. The Morgan fingerprint density at radius 1 is 1.25 bits per heavy atom. The summed E-state index contributed by atoms with van der Waals surface area (Å²) < 4.78 is 7.35. The van der Waals surface area contributed by atoms with Gasteiger partial charge in [-0.1, -0.05) is 19.9 Å². The first-order valence-corrected chi connectivity index (χ1v) is 10.2. The van der Waals surface area contributed by atoms with Crippen LogP contribution in [-0.4, -0.2) is 58.4 Å². The SMILES string of the molecule is CC(C)CC(NC(=O)c1nc(C2CC2)n2ccccc12)C(=O)N1CCOCC1. The summed E-state index contributed by atoms with van der Waals surface area (Å²) in [6.45, 7) is 6.35. The molecule has 1 unspecified atom stereocenters. The van der Waals surface area contributed by atoms with Gasteiger partial charge in [0, 0.05) is 25.2 Å². The second-order valence-corrected chi connectivity index (χ2v) is 8.14. The van der Waals surface area contributed by atoms with Gasteiger partial charge >= 0.3 is 0 Å². The minimum atomic E-state index is -0.546. The van der Waals surface area contributed by atoms with Crippen molar-refractivity contribution in [1.29, 1.82) is 0 Å². The Morgan fingerprint density at radius 3 is 2.68 bits per heavy atom. The Morgan fingerprint density at radius 2 is 2.00 bits per heavy atom. The van der Waals surface area contributed by atoms with Crippen molar-refractivity contribution in [2.24, 2.45) is 5.92 Å². The van der Waals surface area contributed by atoms with Gasteiger partial charge in [-0.2, -0.15) is 0 Å². The Balaban J connectivity index is 1.57. The minimum Gasteiger partial charge on any atom is -0.378 e. The molecule has 2 aromatic rings. The number of rotatable bonds is 6. The number of imidazole rings is 1. The van der Waals surface area contributed by atoms with Gasteiger partial charge < -0.3 is 19.4 Å². The normalized spacial score (nSPS) is 18.5. The van der Waals surface area contributed by atoms with Gasteiger partial charge in [-0.25, -0.2) is 4.98 Å². The number of nitrogens with zero attached hydrogens (tertiary/aromatic N) is 3. The maximum absolute atomic E-state index is 13.1. The molecule has 1 saturated heterocycles. The summed E-state index contributed by atoms with van der Waals surface area (Å²) in [6, 6.07) is 5.23. The van der Waals surface area contributed by atoms with Crippen LogP contribution in [0.4, 0.5) is 0 Å². The molecule has 1 saturated carbocycles. The fourth-order valence-electron chi connectivity index (χ4n) is 3.78. The molecule has 0 spiro atoms. The molecule has 150 valence electrons. The van der Waals surface area contributed by atoms with Gasteiger partial charge in [0.1, 0.15) is 11.9 Å². The number of fused-ring (bicyclic) bond motifs is 1. The number of hydrogen-bond donors (Lipinski definition) is 1. The third-order valence-electron chi connectivity index (χ3n) is 5.37. The van der Waals surface area contributed by atoms with E-state index >= 15 is 0 Å². The zero-order valence-electron chi connectivity index (χ0n) is 16.6. The van der Waals surface area contributed by atoms with E-state index in [4.69, 9.17) is 4.74 Å². The Labute approximate surface area is 165 Å². The summed E-state index contributed by atoms with van der Waals surface area (Å²) >= 11 is 0. The molecular formula is C21H28N4O3. The number of amides is 2. The van der Waals surface area contributed by atoms with Gasteiger partial charge in [-0.05, 0) is 37.3 Å². The van der Waals surface area contributed by atoms with Crippen molar-refractivity contribution < 1.29 is 14.3 Å². The summed E-state index contributed by atoms with van der Waals surface area (Å²) in [6.07, 6.45) is 4.78. The molecular weight excluding hydrogens is 356 g/mol. The lowest BCUT2D eigenvalue weighted by molar-refractivity contribution is -0.137. The van der Waals surface area contributed by atoms with E-state index in [9.17, 15) is 9.59 Å². The van der Waals surface area contributed by atoms with Gasteiger partial charge in [0.15, 0.2) is 5.69 Å². The molecule has 2 aromatic heterocycles. The Bertz CT molecular complexity index is 866. The number of pyridine rings is 1. The molecule has 0 aromatic carbocycles. The van der Waals surface area contributed by atoms with Crippen LogP contribution in [0.15, 0.2) is 24.4 Å². The van der Waals surface area contributed by atoms with Gasteiger partial charge in [0.05, 0.1) is 18.7 Å². The molecule has 4 rings (SSSR count). The lowest BCUT2D eigenvalue weighted by Gasteiger charge is -2.31. The number of ether oxygens (including phenoxy) is 1. The predicted molar refractivity (Wildman–Crippen MR) is 105 cm³/mol. The van der Waals surface area contributed by atoms with Crippen LogP contribution in [-0.2, 0) is 9.53 Å². The van der Waals surface area contributed by atoms with Gasteiger partial charge in [0.25, 0.3) is 5.91 Å². The van der Waals surface area contributed by atoms with Crippen LogP contribution in [0.25, 0.3) is 5.52 Å². The summed E-state index contributed by atoms with van der Waals surface area (Å²) in [5, 5.41) is 2.98. The van der Waals surface area contributed by atoms with Gasteiger partial charge in [-0.15, -0.1) is 0 Å². The van der Waals surface area contributed by atoms with Crippen molar-refractivity contribution in [1.82, 2.24) is 19.6 Å². The first-order valence-electron chi connectivity index (χ1n) is 10.2. The molecule has 2 aliphatic rings. The van der Waals surface area contributed by atoms with E-state index in [1.807, 2.05) is 28.8 Å². The molecule has 1 atom stereocenters. The Kier molecular flexibility index (Phi) is 5.35. The maximum atomic E-state index is 13.1. The molecule has 1 N–H and O–H groups in total. The number of carbonyl (C=O) groups excluding carboxylic acids is 2. The van der Waals surface area contributed by atoms with E-state index < -0.39 is 6.04 Å². The van der Waals surface area contributed by atoms with Crippen molar-refractivity contribution in [2.75, 3.05) is 26.3 Å². The third-order valence-corrected chi connectivity index (χ3v) is 5.37. The highest BCUT2D eigenvalue weighted by molar-refractivity contribution is 6.01. The van der Waals surface area contributed by atoms with Crippen LogP contribution >= 0.6 is 0 Å². The van der Waals surface area contributed by atoms with Crippen molar-refractivity contribution in [2.45, 2.75) is 45.1 Å². The third kappa shape index (κ3) is 3.90. The largest absolute Gasteiger partial charge is 0.378 e. The molecule has 1 aliphatic heterocycles. The first kappa shape index (κ1) is 18.9. The maximum Gasteiger partial charge on any atom is 0.272 e. The van der Waals surface area contributed by atoms with Crippen molar-refractivity contribution >= 4 is 17.3 Å². The summed E-state index contributed by atoms with van der Waals surface area (Å²) in [5.74, 6) is 1.36. The van der Waals surface area contributed by atoms with E-state index in [0.717, 1.165) is 24.2 Å². The van der Waals surface area contributed by atoms with Crippen LogP contribution in [0.3, 0.4) is 0 Å². The fourth-order valence-corrected chi connectivity index (χ4v) is 3.78. The Hall–Kier alpha value is -2.41. The molecule has 28 heavy (non-hydrogen) atoms. The molecule has 7 heteroatoms. The second kappa shape index (κ2) is 7.91. The van der Waals surface area contributed by atoms with Crippen LogP contribution in [0.5, 0.6) is 0 Å². The predicted octanol–water partition coefficient (Wildman–Crippen LogP) is 2.21. The average molecular weight is 384 g/mol. The zero-order chi connectivity index (χ0) is 19.7. The number of hydrogen-bond acceptors (Lipinski definition) is 4. The first-order chi connectivity index (χ1) is 13.5. The van der Waals surface area contributed by atoms with E-state index in [-0.39, 0.29) is 17.7 Å². The van der Waals surface area contributed by atoms with Crippen LogP contribution < -0.4 is 5.32 Å². The van der Waals surface area contributed by atoms with E-state index in [1.165, 1.54) is 0 Å². The highest BCUT2D eigenvalue weighted by Crippen LogP contribution is 2.40. The lowest BCUT2D eigenvalue weighted by atomic mass is 10.0. The van der Waals surface area contributed by atoms with E-state index in [1.54, 1.807) is 4.90 Å². The summed E-state index contributed by atoms with van der Waals surface area (Å²) in [4.78, 5) is 32.6. The summed E-state index contributed by atoms with van der Waals surface area (Å²) in [5.41, 5.74) is 1.20. The number of nitrogens with one attached hydrogen (secondary N) is 1. The van der Waals surface area contributed by atoms with Crippen LogP contribution in [0, 0.1) is 5.92 Å². The number of aromatic nitrogens is 2. The lowest BCUT2D eigenvalue weighted by Crippen LogP contribution is -2.52. The molecule has 1 aliphatic carbocycles. The van der Waals surface area contributed by atoms with Crippen molar-refractivity contribution in [3.8, 4) is 0 Å². The van der Waals surface area contributed by atoms with Crippen molar-refractivity contribution in [3.63, 3.8) is 0 Å². The topological polar surface area (TPSA) is 75.9 Å². The second-order valence-electron chi connectivity index (χ2n) is 8.14. The van der Waals surface area contributed by atoms with Gasteiger partial charge in [-0.3, -0.25) is 9.59 Å². The van der Waals surface area contributed by atoms with Crippen LogP contribution in [0.2, 0.25) is 0 Å². The minimum absolute atomic E-state index is 0.0312. The van der Waals surface area contributed by atoms with Crippen LogP contribution in [0.1, 0.15) is 55.3 Å². The highest BCUT2D eigenvalue weighted by Gasteiger charge is 2.32. The quantitative estimate of drug-likeness (QED) is 0.829. The zero-order valence-corrected chi connectivity index (χ0v) is 16.6. The monoisotopic (exact) mass is 384 g/mol.